The molecule has 1 N–H and O–H groups in total. The normalized spacial score (nSPS) is 31.4. The highest BCUT2D eigenvalue weighted by molar-refractivity contribution is 9.11. The topological polar surface area (TPSA) is 12.0 Å². The molecule has 0 aliphatic heterocycles. The van der Waals surface area contributed by atoms with Gasteiger partial charge >= 0.3 is 0 Å². The van der Waals surface area contributed by atoms with Crippen LogP contribution in [0.4, 0.5) is 0 Å². The van der Waals surface area contributed by atoms with Gasteiger partial charge in [0.1, 0.15) is 0 Å². The van der Waals surface area contributed by atoms with Gasteiger partial charge in [-0.1, -0.05) is 29.4 Å². The van der Waals surface area contributed by atoms with Crippen LogP contribution in [0.1, 0.15) is 19.8 Å². The van der Waals surface area contributed by atoms with Gasteiger partial charge in [0.05, 0.1) is 0 Å². The molecule has 0 amide bonds. The van der Waals surface area contributed by atoms with Gasteiger partial charge in [-0.05, 0) is 18.8 Å². The first-order valence-corrected chi connectivity index (χ1v) is 4.56. The fourth-order valence-electron chi connectivity index (χ4n) is 1.21. The molecule has 1 nitrogen and oxygen atoms in total. The van der Waals surface area contributed by atoms with E-state index in [1.165, 1.54) is 12.8 Å². The summed E-state index contributed by atoms with van der Waals surface area (Å²) < 4.78 is 1.05. The number of nitrogens with one attached hydrogen (secondary N) is 1. The smallest absolute Gasteiger partial charge is 0.0268 e. The minimum Gasteiger partial charge on any atom is -0.309 e. The van der Waals surface area contributed by atoms with Crippen molar-refractivity contribution in [2.45, 2.75) is 25.8 Å². The summed E-state index contributed by atoms with van der Waals surface area (Å²) in [5.74, 6) is 0.867. The third-order valence-electron chi connectivity index (χ3n) is 2.18. The molecule has 0 radical (unpaired) electrons. The van der Waals surface area contributed by atoms with E-state index >= 15 is 0 Å². The second-order valence-corrected chi connectivity index (χ2v) is 4.18. The Hall–Kier alpha value is 0.180. The molecule has 0 aromatic heterocycles. The Labute approximate surface area is 71.0 Å². The van der Waals surface area contributed by atoms with Crippen LogP contribution < -0.4 is 5.32 Å². The van der Waals surface area contributed by atoms with Crippen LogP contribution in [0.5, 0.6) is 0 Å². The first-order valence-electron chi connectivity index (χ1n) is 3.77. The van der Waals surface area contributed by atoms with E-state index in [1.807, 2.05) is 0 Å². The van der Waals surface area contributed by atoms with Gasteiger partial charge < -0.3 is 5.32 Å². The Morgan fingerprint density at radius 3 is 2.70 bits per heavy atom. The van der Waals surface area contributed by atoms with E-state index < -0.39 is 0 Å². The van der Waals surface area contributed by atoms with Crippen molar-refractivity contribution in [3.63, 3.8) is 0 Å². The summed E-state index contributed by atoms with van der Waals surface area (Å²) in [5.41, 5.74) is 0. The maximum absolute atomic E-state index is 3.76. The molecule has 1 rings (SSSR count). The van der Waals surface area contributed by atoms with Crippen LogP contribution in [-0.4, -0.2) is 12.6 Å². The van der Waals surface area contributed by atoms with Crippen molar-refractivity contribution in [2.75, 3.05) is 6.54 Å². The van der Waals surface area contributed by atoms with E-state index in [1.54, 1.807) is 0 Å². The molecule has 0 spiro atoms. The van der Waals surface area contributed by atoms with Gasteiger partial charge in [-0.3, -0.25) is 0 Å². The number of hydrogen-bond acceptors (Lipinski definition) is 1. The first kappa shape index (κ1) is 8.28. The lowest BCUT2D eigenvalue weighted by Gasteiger charge is -2.34. The van der Waals surface area contributed by atoms with E-state index in [0.717, 1.165) is 23.0 Å². The van der Waals surface area contributed by atoms with Crippen molar-refractivity contribution in [1.29, 1.82) is 0 Å². The highest BCUT2D eigenvalue weighted by atomic mass is 79.9. The van der Waals surface area contributed by atoms with E-state index in [9.17, 15) is 0 Å². The molecule has 10 heavy (non-hydrogen) atoms. The molecule has 0 bridgehead atoms. The lowest BCUT2D eigenvalue weighted by Crippen LogP contribution is -2.42. The zero-order valence-corrected chi connectivity index (χ0v) is 7.95. The van der Waals surface area contributed by atoms with Crippen molar-refractivity contribution in [3.8, 4) is 0 Å². The Kier molecular flexibility index (Phi) is 2.93. The summed E-state index contributed by atoms with van der Waals surface area (Å²) in [4.78, 5) is 0. The molecule has 1 aliphatic rings. The molecule has 2 unspecified atom stereocenters. The summed E-state index contributed by atoms with van der Waals surface area (Å²) >= 11 is 3.32. The van der Waals surface area contributed by atoms with Crippen molar-refractivity contribution in [2.24, 2.45) is 5.92 Å². The summed E-state index contributed by atoms with van der Waals surface area (Å²) in [6, 6.07) is 0.745. The summed E-state index contributed by atoms with van der Waals surface area (Å²) in [6.45, 7) is 6.97. The van der Waals surface area contributed by atoms with Gasteiger partial charge in [0.25, 0.3) is 0 Å². The van der Waals surface area contributed by atoms with Crippen LogP contribution in [0.2, 0.25) is 0 Å². The first-order chi connectivity index (χ1) is 4.70. The lowest BCUT2D eigenvalue weighted by molar-refractivity contribution is 0.236. The quantitative estimate of drug-likeness (QED) is 0.743. The molecule has 1 saturated carbocycles. The average Bonchev–Trinajstić information content (AvgIpc) is 1.84. The SMILES string of the molecule is C=C(Br)CNC1CCC1C. The number of hydrogen-bond donors (Lipinski definition) is 1. The van der Waals surface area contributed by atoms with Crippen LogP contribution in [0, 0.1) is 5.92 Å². The van der Waals surface area contributed by atoms with Gasteiger partial charge in [0, 0.05) is 17.1 Å². The molecule has 1 aliphatic carbocycles. The van der Waals surface area contributed by atoms with Crippen LogP contribution in [0.15, 0.2) is 11.1 Å². The second-order valence-electron chi connectivity index (χ2n) is 3.06. The van der Waals surface area contributed by atoms with Gasteiger partial charge in [0.2, 0.25) is 0 Å². The van der Waals surface area contributed by atoms with Crippen molar-refractivity contribution < 1.29 is 0 Å². The van der Waals surface area contributed by atoms with Gasteiger partial charge in [-0.15, -0.1) is 0 Å². The van der Waals surface area contributed by atoms with Crippen molar-refractivity contribution in [3.05, 3.63) is 11.1 Å². The minimum atomic E-state index is 0.745. The largest absolute Gasteiger partial charge is 0.309 e. The fraction of sp³-hybridized carbons (Fsp3) is 0.750. The Morgan fingerprint density at radius 1 is 1.70 bits per heavy atom. The number of halogens is 1. The molecule has 2 atom stereocenters. The Bertz CT molecular complexity index is 133. The predicted molar refractivity (Wildman–Crippen MR) is 48.3 cm³/mol. The molecule has 0 saturated heterocycles. The monoisotopic (exact) mass is 203 g/mol. The average molecular weight is 204 g/mol. The zero-order chi connectivity index (χ0) is 7.56. The van der Waals surface area contributed by atoms with Crippen molar-refractivity contribution in [1.82, 2.24) is 5.32 Å². The predicted octanol–water partition coefficient (Wildman–Crippen LogP) is 2.28. The van der Waals surface area contributed by atoms with E-state index in [-0.39, 0.29) is 0 Å². The highest BCUT2D eigenvalue weighted by Gasteiger charge is 2.25. The summed E-state index contributed by atoms with van der Waals surface area (Å²) in [5, 5.41) is 3.42. The van der Waals surface area contributed by atoms with Gasteiger partial charge in [-0.25, -0.2) is 0 Å². The Balaban J connectivity index is 2.08. The Morgan fingerprint density at radius 2 is 2.40 bits per heavy atom. The minimum absolute atomic E-state index is 0.745. The second kappa shape index (κ2) is 3.54. The van der Waals surface area contributed by atoms with E-state index in [4.69, 9.17) is 0 Å². The molecule has 1 fully saturated rings. The zero-order valence-electron chi connectivity index (χ0n) is 6.36. The van der Waals surface area contributed by atoms with Crippen LogP contribution in [-0.2, 0) is 0 Å². The molecule has 0 heterocycles. The van der Waals surface area contributed by atoms with Gasteiger partial charge in [0.15, 0.2) is 0 Å². The molecule has 58 valence electrons. The number of rotatable bonds is 3. The third kappa shape index (κ3) is 2.10. The molecule has 0 aromatic carbocycles. The van der Waals surface area contributed by atoms with Crippen LogP contribution in [0.25, 0.3) is 0 Å². The molecular weight excluding hydrogens is 190 g/mol. The standard InChI is InChI=1S/C8H14BrN/c1-6-3-4-8(6)10-5-7(2)9/h6,8,10H,2-5H2,1H3. The maximum Gasteiger partial charge on any atom is 0.0268 e. The molecule has 0 aromatic rings. The van der Waals surface area contributed by atoms with E-state index in [2.05, 4.69) is 34.7 Å². The molecular formula is C8H14BrN. The van der Waals surface area contributed by atoms with Gasteiger partial charge in [-0.2, -0.15) is 0 Å². The molecule has 2 heteroatoms. The van der Waals surface area contributed by atoms with Crippen LogP contribution >= 0.6 is 15.9 Å². The summed E-state index contributed by atoms with van der Waals surface area (Å²) in [6.07, 6.45) is 2.72. The fourth-order valence-corrected chi connectivity index (χ4v) is 1.37. The summed E-state index contributed by atoms with van der Waals surface area (Å²) in [7, 11) is 0. The van der Waals surface area contributed by atoms with E-state index in [0.29, 0.717) is 0 Å². The lowest BCUT2D eigenvalue weighted by atomic mass is 9.81. The third-order valence-corrected chi connectivity index (χ3v) is 2.46. The van der Waals surface area contributed by atoms with Crippen molar-refractivity contribution >= 4 is 15.9 Å². The highest BCUT2D eigenvalue weighted by Crippen LogP contribution is 2.26. The maximum atomic E-state index is 3.76. The van der Waals surface area contributed by atoms with Crippen LogP contribution in [0.3, 0.4) is 0 Å².